The summed E-state index contributed by atoms with van der Waals surface area (Å²) in [5, 5.41) is 25.0. The predicted molar refractivity (Wildman–Crippen MR) is 149 cm³/mol. The maximum atomic E-state index is 12.9. The maximum Gasteiger partial charge on any atom is 0.395 e. The molecule has 0 amide bonds. The zero-order valence-corrected chi connectivity index (χ0v) is 23.6. The molecule has 17 heteroatoms. The topological polar surface area (TPSA) is 240 Å². The predicted octanol–water partition coefficient (Wildman–Crippen LogP) is 1.57. The summed E-state index contributed by atoms with van der Waals surface area (Å²) in [5.74, 6) is -0.831. The molecule has 1 unspecified atom stereocenters. The molecule has 4 rings (SSSR count). The number of rotatable bonds is 12. The first-order valence-electron chi connectivity index (χ1n) is 12.9. The van der Waals surface area contributed by atoms with Gasteiger partial charge in [-0.15, -0.1) is 0 Å². The molecule has 6 atom stereocenters. The van der Waals surface area contributed by atoms with Crippen LogP contribution < -0.4 is 25.6 Å². The molecule has 2 heterocycles. The highest BCUT2D eigenvalue weighted by atomic mass is 31.1. The van der Waals surface area contributed by atoms with Gasteiger partial charge in [0.1, 0.15) is 24.6 Å². The molecular formula is C26H28N7O9P. The number of nitrogens with two attached hydrogens (primary N) is 1. The minimum atomic E-state index is -2.82. The van der Waals surface area contributed by atoms with Gasteiger partial charge < -0.3 is 35.1 Å². The lowest BCUT2D eigenvalue weighted by Gasteiger charge is -2.26. The monoisotopic (exact) mass is 613 g/mol. The molecule has 1 aliphatic rings. The van der Waals surface area contributed by atoms with Crippen molar-refractivity contribution in [3.63, 3.8) is 0 Å². The standard InChI is InChI=1S/C26H28N7O9P/c1-2-39-24(36)17(14-16-8-4-3-5-9-16)30-43(38)42-19-11-7-6-10-18(19)40-15-26(31-32-28)22(35)21(34)23(41-26)33-13-12-20(27)29-25(33)37/h3-13,17,21-23,34-35H,2,14-15H2,1H3,(H2,27,29,37)/t17-,21+,22-,23+,26+/m0/s1. The van der Waals surface area contributed by atoms with Crippen LogP contribution in [0.1, 0.15) is 18.7 Å². The van der Waals surface area contributed by atoms with Gasteiger partial charge in [0.2, 0.25) is 11.5 Å². The molecule has 0 spiro atoms. The van der Waals surface area contributed by atoms with Crippen LogP contribution in [0.2, 0.25) is 0 Å². The average molecular weight is 614 g/mol. The number of para-hydroxylation sites is 2. The highest BCUT2D eigenvalue weighted by Crippen LogP contribution is 2.40. The van der Waals surface area contributed by atoms with Crippen molar-refractivity contribution < 1.29 is 38.6 Å². The third-order valence-corrected chi connectivity index (χ3v) is 7.09. The van der Waals surface area contributed by atoms with Crippen LogP contribution in [0.25, 0.3) is 10.4 Å². The van der Waals surface area contributed by atoms with E-state index in [1.54, 1.807) is 43.3 Å². The fourth-order valence-electron chi connectivity index (χ4n) is 4.21. The molecule has 1 fully saturated rings. The zero-order valence-electron chi connectivity index (χ0n) is 22.7. The van der Waals surface area contributed by atoms with Gasteiger partial charge in [0, 0.05) is 17.5 Å². The van der Waals surface area contributed by atoms with E-state index in [4.69, 9.17) is 24.5 Å². The van der Waals surface area contributed by atoms with Crippen LogP contribution in [0.5, 0.6) is 11.5 Å². The SMILES string of the molecule is CCOC(=O)[C@H](Cc1ccccc1)N=[P+]([O-])Oc1ccccc1OC[C@@]1(N=[N+]=[N-])O[C@@H](n2ccc(N)nc2=O)[C@H](O)[C@@H]1O. The highest BCUT2D eigenvalue weighted by Gasteiger charge is 2.56. The third kappa shape index (κ3) is 7.45. The average Bonchev–Trinajstić information content (AvgIpc) is 3.22. The minimum absolute atomic E-state index is 0.0237. The van der Waals surface area contributed by atoms with Gasteiger partial charge in [-0.3, -0.25) is 9.09 Å². The second kappa shape index (κ2) is 14.1. The zero-order chi connectivity index (χ0) is 31.0. The number of nitrogen functional groups attached to an aromatic ring is 1. The summed E-state index contributed by atoms with van der Waals surface area (Å²) in [7, 11) is -2.82. The number of anilines is 1. The Balaban J connectivity index is 1.54. The Morgan fingerprint density at radius 1 is 1.23 bits per heavy atom. The summed E-state index contributed by atoms with van der Waals surface area (Å²) in [6, 6.07) is 15.1. The fourth-order valence-corrected chi connectivity index (χ4v) is 4.98. The van der Waals surface area contributed by atoms with Crippen LogP contribution in [0.4, 0.5) is 5.82 Å². The number of aliphatic hydroxyl groups is 2. The van der Waals surface area contributed by atoms with Crippen molar-refractivity contribution in [2.24, 2.45) is 9.86 Å². The molecule has 4 N–H and O–H groups in total. The Morgan fingerprint density at radius 3 is 2.60 bits per heavy atom. The molecular weight excluding hydrogens is 585 g/mol. The van der Waals surface area contributed by atoms with Gasteiger partial charge in [0.05, 0.1) is 6.61 Å². The van der Waals surface area contributed by atoms with Crippen molar-refractivity contribution in [2.45, 2.75) is 43.5 Å². The van der Waals surface area contributed by atoms with Crippen LogP contribution >= 0.6 is 8.17 Å². The van der Waals surface area contributed by atoms with E-state index in [-0.39, 0.29) is 30.3 Å². The van der Waals surface area contributed by atoms with Crippen molar-refractivity contribution in [1.29, 1.82) is 0 Å². The highest BCUT2D eigenvalue weighted by molar-refractivity contribution is 7.34. The summed E-state index contributed by atoms with van der Waals surface area (Å²) in [6.45, 7) is 1.08. The van der Waals surface area contributed by atoms with E-state index < -0.39 is 56.6 Å². The second-order valence-corrected chi connectivity index (χ2v) is 10.0. The number of hydrogen-bond acceptors (Lipinski definition) is 13. The lowest BCUT2D eigenvalue weighted by Crippen LogP contribution is -2.46. The number of benzene rings is 2. The summed E-state index contributed by atoms with van der Waals surface area (Å²) in [5.41, 5.74) is 12.4. The first kappa shape index (κ1) is 31.4. The first-order chi connectivity index (χ1) is 20.7. The van der Waals surface area contributed by atoms with Crippen molar-refractivity contribution in [3.05, 3.63) is 93.4 Å². The summed E-state index contributed by atoms with van der Waals surface area (Å²) < 4.78 is 26.9. The molecule has 1 aliphatic heterocycles. The van der Waals surface area contributed by atoms with Gasteiger partial charge in [-0.25, -0.2) is 9.59 Å². The third-order valence-electron chi connectivity index (χ3n) is 6.27. The van der Waals surface area contributed by atoms with E-state index >= 15 is 0 Å². The van der Waals surface area contributed by atoms with Crippen molar-refractivity contribution in [2.75, 3.05) is 18.9 Å². The smallest absolute Gasteiger partial charge is 0.395 e. The Hall–Kier alpha value is -4.56. The Morgan fingerprint density at radius 2 is 1.93 bits per heavy atom. The minimum Gasteiger partial charge on any atom is -0.575 e. The van der Waals surface area contributed by atoms with E-state index in [0.29, 0.717) is 0 Å². The molecule has 0 saturated carbocycles. The quantitative estimate of drug-likeness (QED) is 0.0870. The van der Waals surface area contributed by atoms with Crippen LogP contribution in [0.3, 0.4) is 0 Å². The van der Waals surface area contributed by atoms with E-state index in [2.05, 4.69) is 19.8 Å². The van der Waals surface area contributed by atoms with Gasteiger partial charge >= 0.3 is 19.8 Å². The van der Waals surface area contributed by atoms with Crippen molar-refractivity contribution in [1.82, 2.24) is 9.55 Å². The molecule has 3 aromatic rings. The van der Waals surface area contributed by atoms with E-state index in [0.717, 1.165) is 10.1 Å². The summed E-state index contributed by atoms with van der Waals surface area (Å²) >= 11 is 0. The molecule has 0 aliphatic carbocycles. The second-order valence-electron chi connectivity index (χ2n) is 9.16. The molecule has 16 nitrogen and oxygen atoms in total. The molecule has 226 valence electrons. The molecule has 43 heavy (non-hydrogen) atoms. The van der Waals surface area contributed by atoms with Crippen LogP contribution in [0, 0.1) is 0 Å². The molecule has 0 radical (unpaired) electrons. The van der Waals surface area contributed by atoms with Gasteiger partial charge in [-0.2, -0.15) is 4.98 Å². The number of hydrogen-bond donors (Lipinski definition) is 3. The lowest BCUT2D eigenvalue weighted by molar-refractivity contribution is -0.170. The van der Waals surface area contributed by atoms with Crippen LogP contribution in [0.15, 0.2) is 81.5 Å². The molecule has 0 bridgehead atoms. The number of nitrogens with zero attached hydrogens (tertiary/aromatic N) is 6. The molecule has 1 saturated heterocycles. The van der Waals surface area contributed by atoms with Gasteiger partial charge in [-0.1, -0.05) is 52.3 Å². The van der Waals surface area contributed by atoms with Crippen LogP contribution in [-0.4, -0.2) is 62.9 Å². The number of esters is 1. The van der Waals surface area contributed by atoms with Gasteiger partial charge in [-0.05, 0) is 36.2 Å². The van der Waals surface area contributed by atoms with Crippen molar-refractivity contribution in [3.8, 4) is 11.5 Å². The van der Waals surface area contributed by atoms with Gasteiger partial charge in [0.25, 0.3) is 0 Å². The number of carbonyl (C=O) groups excluding carboxylic acids is 1. The number of ether oxygens (including phenoxy) is 3. The normalized spacial score (nSPS) is 22.3. The maximum absolute atomic E-state index is 12.9. The fraction of sp³-hybridized carbons (Fsp3) is 0.346. The van der Waals surface area contributed by atoms with Crippen LogP contribution in [-0.2, 0) is 20.7 Å². The number of carbonyl (C=O) groups is 1. The van der Waals surface area contributed by atoms with E-state index in [1.165, 1.54) is 24.4 Å². The van der Waals surface area contributed by atoms with E-state index in [1.807, 2.05) is 6.07 Å². The Kier molecular flexibility index (Phi) is 10.3. The summed E-state index contributed by atoms with van der Waals surface area (Å²) in [6.07, 6.45) is -3.76. The number of aliphatic hydroxyl groups excluding tert-OH is 2. The number of aromatic nitrogens is 2. The Bertz CT molecular complexity index is 1570. The summed E-state index contributed by atoms with van der Waals surface area (Å²) in [4.78, 5) is 44.0. The lowest BCUT2D eigenvalue weighted by atomic mass is 10.1. The van der Waals surface area contributed by atoms with E-state index in [9.17, 15) is 30.2 Å². The molecule has 2 aromatic carbocycles. The largest absolute Gasteiger partial charge is 0.575 e. The Labute approximate surface area is 245 Å². The number of azide groups is 1. The first-order valence-corrected chi connectivity index (χ1v) is 14.0. The van der Waals surface area contributed by atoms with Gasteiger partial charge in [0.15, 0.2) is 18.0 Å². The van der Waals surface area contributed by atoms with Crippen molar-refractivity contribution >= 4 is 20.0 Å². The molecule has 1 aromatic heterocycles.